The van der Waals surface area contributed by atoms with Crippen molar-refractivity contribution in [3.05, 3.63) is 47.0 Å². The summed E-state index contributed by atoms with van der Waals surface area (Å²) in [6, 6.07) is 9.63. The van der Waals surface area contributed by atoms with Gasteiger partial charge in [-0.25, -0.2) is 4.98 Å². The molecule has 1 atom stereocenters. The van der Waals surface area contributed by atoms with E-state index in [9.17, 15) is 4.79 Å². The number of hydrogen-bond donors (Lipinski definition) is 0. The average Bonchev–Trinajstić information content (AvgIpc) is 2.94. The second-order valence-corrected chi connectivity index (χ2v) is 6.12. The molecule has 2 heterocycles. The Morgan fingerprint density at radius 1 is 1.35 bits per heavy atom. The summed E-state index contributed by atoms with van der Waals surface area (Å²) in [6.07, 6.45) is 2.04. The summed E-state index contributed by atoms with van der Waals surface area (Å²) in [7, 11) is 0. The smallest absolute Gasteiger partial charge is 0.185 e. The van der Waals surface area contributed by atoms with E-state index >= 15 is 0 Å². The van der Waals surface area contributed by atoms with Gasteiger partial charge in [0.05, 0.1) is 5.69 Å². The van der Waals surface area contributed by atoms with E-state index in [-0.39, 0.29) is 11.7 Å². The molecular formula is C16H18N2OS. The zero-order valence-electron chi connectivity index (χ0n) is 11.6. The highest BCUT2D eigenvalue weighted by atomic mass is 32.1. The normalized spacial score (nSPS) is 19.1. The summed E-state index contributed by atoms with van der Waals surface area (Å²) in [6.45, 7) is 3.81. The maximum atomic E-state index is 12.5. The Morgan fingerprint density at radius 3 is 2.85 bits per heavy atom. The maximum Gasteiger partial charge on any atom is 0.185 e. The van der Waals surface area contributed by atoms with E-state index in [2.05, 4.69) is 15.3 Å². The van der Waals surface area contributed by atoms with Gasteiger partial charge < -0.3 is 4.90 Å². The number of aromatic nitrogens is 1. The number of carbonyl (C=O) groups is 1. The first-order chi connectivity index (χ1) is 9.74. The first kappa shape index (κ1) is 13.3. The summed E-state index contributed by atoms with van der Waals surface area (Å²) in [5, 5.41) is 3.12. The summed E-state index contributed by atoms with van der Waals surface area (Å²) in [4.78, 5) is 19.3. The van der Waals surface area contributed by atoms with Crippen molar-refractivity contribution in [3.8, 4) is 0 Å². The van der Waals surface area contributed by atoms with Gasteiger partial charge in [0.1, 0.15) is 0 Å². The Hall–Kier alpha value is -1.68. The van der Waals surface area contributed by atoms with Crippen LogP contribution in [0.4, 0.5) is 5.13 Å². The molecule has 3 nitrogen and oxygen atoms in total. The lowest BCUT2D eigenvalue weighted by molar-refractivity contribution is 0.0907. The molecule has 0 amide bonds. The number of hydrogen-bond acceptors (Lipinski definition) is 4. The molecule has 0 bridgehead atoms. The summed E-state index contributed by atoms with van der Waals surface area (Å²) < 4.78 is 0. The van der Waals surface area contributed by atoms with Crippen molar-refractivity contribution in [1.82, 2.24) is 4.98 Å². The van der Waals surface area contributed by atoms with Gasteiger partial charge in [0.25, 0.3) is 0 Å². The predicted molar refractivity (Wildman–Crippen MR) is 82.6 cm³/mol. The number of nitrogens with zero attached hydrogens (tertiary/aromatic N) is 2. The van der Waals surface area contributed by atoms with Crippen molar-refractivity contribution in [1.29, 1.82) is 0 Å². The molecule has 104 valence electrons. The molecule has 0 spiro atoms. The molecule has 2 aromatic rings. The van der Waals surface area contributed by atoms with Gasteiger partial charge in [0, 0.05) is 30.0 Å². The lowest BCUT2D eigenvalue weighted by atomic mass is 9.90. The van der Waals surface area contributed by atoms with Crippen LogP contribution in [-0.4, -0.2) is 23.9 Å². The molecule has 4 heteroatoms. The summed E-state index contributed by atoms with van der Waals surface area (Å²) in [5.74, 6) is 0.360. The number of aryl methyl sites for hydroxylation is 1. The number of piperidine rings is 1. The third kappa shape index (κ3) is 2.75. The van der Waals surface area contributed by atoms with E-state index in [0.717, 1.165) is 42.3 Å². The fraction of sp³-hybridized carbons (Fsp3) is 0.375. The topological polar surface area (TPSA) is 33.2 Å². The molecule has 3 rings (SSSR count). The Labute approximate surface area is 123 Å². The van der Waals surface area contributed by atoms with Crippen LogP contribution in [0.25, 0.3) is 0 Å². The minimum atomic E-state index is 0.0929. The largest absolute Gasteiger partial charge is 0.347 e. The van der Waals surface area contributed by atoms with Crippen LogP contribution in [-0.2, 0) is 0 Å². The molecule has 0 aliphatic carbocycles. The van der Waals surface area contributed by atoms with Gasteiger partial charge in [0.2, 0.25) is 0 Å². The quantitative estimate of drug-likeness (QED) is 0.809. The average molecular weight is 286 g/mol. The molecule has 0 unspecified atom stereocenters. The van der Waals surface area contributed by atoms with Crippen molar-refractivity contribution >= 4 is 22.3 Å². The van der Waals surface area contributed by atoms with E-state index in [4.69, 9.17) is 0 Å². The van der Waals surface area contributed by atoms with Crippen molar-refractivity contribution in [2.75, 3.05) is 18.0 Å². The third-order valence-electron chi connectivity index (χ3n) is 3.73. The molecule has 0 saturated carbocycles. The fourth-order valence-electron chi connectivity index (χ4n) is 2.69. The predicted octanol–water partition coefficient (Wildman–Crippen LogP) is 3.55. The Morgan fingerprint density at radius 2 is 2.15 bits per heavy atom. The lowest BCUT2D eigenvalue weighted by Gasteiger charge is -2.31. The van der Waals surface area contributed by atoms with Crippen LogP contribution in [0.15, 0.2) is 35.7 Å². The van der Waals surface area contributed by atoms with E-state index in [1.165, 1.54) is 0 Å². The Kier molecular flexibility index (Phi) is 3.83. The first-order valence-corrected chi connectivity index (χ1v) is 7.88. The number of benzene rings is 1. The molecule has 1 aromatic heterocycles. The molecular weight excluding hydrogens is 268 g/mol. The SMILES string of the molecule is Cc1csc(N2CCC[C@@H](C(=O)c3ccccc3)C2)n1. The van der Waals surface area contributed by atoms with Crippen LogP contribution in [0.1, 0.15) is 28.9 Å². The second-order valence-electron chi connectivity index (χ2n) is 5.29. The minimum absolute atomic E-state index is 0.0929. The number of thiazole rings is 1. The number of rotatable bonds is 3. The second kappa shape index (κ2) is 5.75. The van der Waals surface area contributed by atoms with Crippen LogP contribution in [0.3, 0.4) is 0 Å². The number of carbonyl (C=O) groups excluding carboxylic acids is 1. The monoisotopic (exact) mass is 286 g/mol. The van der Waals surface area contributed by atoms with Gasteiger partial charge in [-0.15, -0.1) is 11.3 Å². The molecule has 0 radical (unpaired) electrons. The number of anilines is 1. The van der Waals surface area contributed by atoms with Gasteiger partial charge in [-0.2, -0.15) is 0 Å². The molecule has 0 N–H and O–H groups in total. The van der Waals surface area contributed by atoms with Gasteiger partial charge in [-0.3, -0.25) is 4.79 Å². The zero-order chi connectivity index (χ0) is 13.9. The third-order valence-corrected chi connectivity index (χ3v) is 4.75. The molecule has 1 fully saturated rings. The van der Waals surface area contributed by atoms with Gasteiger partial charge in [-0.1, -0.05) is 30.3 Å². The van der Waals surface area contributed by atoms with Gasteiger partial charge >= 0.3 is 0 Å². The van der Waals surface area contributed by atoms with Gasteiger partial charge in [0.15, 0.2) is 10.9 Å². The lowest BCUT2D eigenvalue weighted by Crippen LogP contribution is -2.38. The Balaban J connectivity index is 1.74. The van der Waals surface area contributed by atoms with Crippen LogP contribution in [0.2, 0.25) is 0 Å². The van der Waals surface area contributed by atoms with E-state index in [0.29, 0.717) is 0 Å². The van der Waals surface area contributed by atoms with Crippen LogP contribution < -0.4 is 4.90 Å². The zero-order valence-corrected chi connectivity index (χ0v) is 12.4. The van der Waals surface area contributed by atoms with Crippen molar-refractivity contribution in [3.63, 3.8) is 0 Å². The molecule has 1 aromatic carbocycles. The summed E-state index contributed by atoms with van der Waals surface area (Å²) in [5.41, 5.74) is 1.89. The number of Topliss-reactive ketones (excluding diaryl/α,β-unsaturated/α-hetero) is 1. The highest BCUT2D eigenvalue weighted by molar-refractivity contribution is 7.13. The van der Waals surface area contributed by atoms with Crippen LogP contribution >= 0.6 is 11.3 Å². The van der Waals surface area contributed by atoms with Crippen molar-refractivity contribution in [2.45, 2.75) is 19.8 Å². The first-order valence-electron chi connectivity index (χ1n) is 7.00. The Bertz CT molecular complexity index is 594. The van der Waals surface area contributed by atoms with Gasteiger partial charge in [-0.05, 0) is 19.8 Å². The minimum Gasteiger partial charge on any atom is -0.347 e. The van der Waals surface area contributed by atoms with Crippen molar-refractivity contribution in [2.24, 2.45) is 5.92 Å². The van der Waals surface area contributed by atoms with E-state index in [1.807, 2.05) is 37.3 Å². The standard InChI is InChI=1S/C16H18N2OS/c1-12-11-20-16(17-12)18-9-5-8-14(10-18)15(19)13-6-3-2-4-7-13/h2-4,6-7,11,14H,5,8-10H2,1H3/t14-/m1/s1. The van der Waals surface area contributed by atoms with E-state index < -0.39 is 0 Å². The molecule has 1 aliphatic rings. The van der Waals surface area contributed by atoms with E-state index in [1.54, 1.807) is 11.3 Å². The van der Waals surface area contributed by atoms with Crippen LogP contribution in [0, 0.1) is 12.8 Å². The molecule has 20 heavy (non-hydrogen) atoms. The summed E-state index contributed by atoms with van der Waals surface area (Å²) >= 11 is 1.67. The number of ketones is 1. The maximum absolute atomic E-state index is 12.5. The van der Waals surface area contributed by atoms with Crippen LogP contribution in [0.5, 0.6) is 0 Å². The fourth-order valence-corrected chi connectivity index (χ4v) is 3.53. The van der Waals surface area contributed by atoms with Crippen molar-refractivity contribution < 1.29 is 4.79 Å². The molecule has 1 saturated heterocycles. The molecule has 1 aliphatic heterocycles. The highest BCUT2D eigenvalue weighted by Crippen LogP contribution is 2.27. The highest BCUT2D eigenvalue weighted by Gasteiger charge is 2.27.